The normalized spacial score (nSPS) is 10.4. The zero-order valence-corrected chi connectivity index (χ0v) is 16.1. The van der Waals surface area contributed by atoms with Crippen molar-refractivity contribution in [2.24, 2.45) is 0 Å². The van der Waals surface area contributed by atoms with Crippen LogP contribution in [-0.4, -0.2) is 39.0 Å². The van der Waals surface area contributed by atoms with Gasteiger partial charge in [0.25, 0.3) is 0 Å². The van der Waals surface area contributed by atoms with Crippen LogP contribution >= 0.6 is 0 Å². The lowest BCUT2D eigenvalue weighted by atomic mass is 10.1. The second-order valence-corrected chi connectivity index (χ2v) is 6.29. The highest BCUT2D eigenvalue weighted by Gasteiger charge is 2.18. The topological polar surface area (TPSA) is 169 Å². The standard InChI is InChI=1S/C17H18N4O2.H2O4S/c1-3-15-17(16(4-2)21(20-15)5-6-22)23-14-8-12(10-18)7-13(9-14)11-19;1-5(2,3)4/h7-9,22H,3-6H2,1-2H3;(H2,1,2,3,4). The molecule has 1 aromatic carbocycles. The number of benzene rings is 1. The predicted molar refractivity (Wildman–Crippen MR) is 98.2 cm³/mol. The van der Waals surface area contributed by atoms with Crippen molar-refractivity contribution in [3.8, 4) is 23.6 Å². The van der Waals surface area contributed by atoms with E-state index in [1.807, 2.05) is 26.0 Å². The van der Waals surface area contributed by atoms with Gasteiger partial charge >= 0.3 is 10.4 Å². The maximum atomic E-state index is 9.17. The molecule has 2 aromatic rings. The second-order valence-electron chi connectivity index (χ2n) is 5.40. The van der Waals surface area contributed by atoms with E-state index in [1.54, 1.807) is 16.8 Å². The summed E-state index contributed by atoms with van der Waals surface area (Å²) >= 11 is 0. The lowest BCUT2D eigenvalue weighted by molar-refractivity contribution is 0.267. The van der Waals surface area contributed by atoms with Gasteiger partial charge in [0.05, 0.1) is 42.1 Å². The average molecular weight is 408 g/mol. The molecule has 1 heterocycles. The third kappa shape index (κ3) is 6.98. The van der Waals surface area contributed by atoms with Gasteiger partial charge in [0.1, 0.15) is 11.4 Å². The summed E-state index contributed by atoms with van der Waals surface area (Å²) in [4.78, 5) is 0. The van der Waals surface area contributed by atoms with E-state index in [0.717, 1.165) is 11.4 Å². The van der Waals surface area contributed by atoms with E-state index in [0.29, 0.717) is 42.0 Å². The highest BCUT2D eigenvalue weighted by molar-refractivity contribution is 7.79. The maximum absolute atomic E-state index is 9.17. The Kier molecular flexibility index (Phi) is 8.57. The Labute approximate surface area is 162 Å². The Bertz CT molecular complexity index is 962. The molecule has 0 fully saturated rings. The molecule has 0 unspecified atom stereocenters. The Morgan fingerprint density at radius 2 is 1.64 bits per heavy atom. The molecular weight excluding hydrogens is 388 g/mol. The summed E-state index contributed by atoms with van der Waals surface area (Å²) in [6, 6.07) is 8.77. The molecule has 0 aliphatic rings. The third-order valence-corrected chi connectivity index (χ3v) is 3.44. The number of hydrogen-bond donors (Lipinski definition) is 3. The first-order valence-electron chi connectivity index (χ1n) is 8.19. The zero-order chi connectivity index (χ0) is 21.3. The number of nitriles is 2. The fourth-order valence-electron chi connectivity index (χ4n) is 2.41. The minimum atomic E-state index is -4.67. The minimum Gasteiger partial charge on any atom is -0.453 e. The molecule has 1 aromatic heterocycles. The van der Waals surface area contributed by atoms with Gasteiger partial charge < -0.3 is 9.84 Å². The van der Waals surface area contributed by atoms with Crippen molar-refractivity contribution in [3.63, 3.8) is 0 Å². The predicted octanol–water partition coefficient (Wildman–Crippen LogP) is 1.88. The van der Waals surface area contributed by atoms with Gasteiger partial charge in [0.2, 0.25) is 0 Å². The van der Waals surface area contributed by atoms with Crippen molar-refractivity contribution in [3.05, 3.63) is 40.7 Å². The number of aliphatic hydroxyl groups excluding tert-OH is 1. The summed E-state index contributed by atoms with van der Waals surface area (Å²) in [6.07, 6.45) is 1.38. The first kappa shape index (κ1) is 23.1. The summed E-state index contributed by atoms with van der Waals surface area (Å²) in [5, 5.41) is 31.8. The van der Waals surface area contributed by atoms with Crippen LogP contribution in [0.25, 0.3) is 0 Å². The number of ether oxygens (including phenoxy) is 1. The van der Waals surface area contributed by atoms with E-state index in [-0.39, 0.29) is 6.61 Å². The van der Waals surface area contributed by atoms with Crippen LogP contribution in [-0.2, 0) is 29.8 Å². The Balaban J connectivity index is 0.000000696. The highest BCUT2D eigenvalue weighted by atomic mass is 32.3. The van der Waals surface area contributed by atoms with Crippen LogP contribution in [0.4, 0.5) is 0 Å². The smallest absolute Gasteiger partial charge is 0.394 e. The summed E-state index contributed by atoms with van der Waals surface area (Å²) in [5.41, 5.74) is 2.42. The van der Waals surface area contributed by atoms with Crippen molar-refractivity contribution >= 4 is 10.4 Å². The van der Waals surface area contributed by atoms with Gasteiger partial charge in [-0.05, 0) is 31.0 Å². The number of aliphatic hydroxyl groups is 1. The fraction of sp³-hybridized carbons (Fsp3) is 0.353. The summed E-state index contributed by atoms with van der Waals surface area (Å²) in [7, 11) is -4.67. The van der Waals surface area contributed by atoms with Crippen molar-refractivity contribution in [1.82, 2.24) is 9.78 Å². The van der Waals surface area contributed by atoms with Crippen LogP contribution in [0.5, 0.6) is 11.5 Å². The van der Waals surface area contributed by atoms with Gasteiger partial charge in [0, 0.05) is 0 Å². The number of rotatable bonds is 6. The Hall–Kier alpha value is -2.96. The van der Waals surface area contributed by atoms with Crippen LogP contribution in [0.2, 0.25) is 0 Å². The van der Waals surface area contributed by atoms with E-state index in [9.17, 15) is 0 Å². The highest BCUT2D eigenvalue weighted by Crippen LogP contribution is 2.31. The van der Waals surface area contributed by atoms with Gasteiger partial charge in [-0.15, -0.1) is 0 Å². The molecule has 150 valence electrons. The fourth-order valence-corrected chi connectivity index (χ4v) is 2.41. The van der Waals surface area contributed by atoms with Crippen molar-refractivity contribution in [2.45, 2.75) is 33.2 Å². The van der Waals surface area contributed by atoms with E-state index in [2.05, 4.69) is 5.10 Å². The monoisotopic (exact) mass is 408 g/mol. The zero-order valence-electron chi connectivity index (χ0n) is 15.3. The number of hydrogen-bond acceptors (Lipinski definition) is 7. The van der Waals surface area contributed by atoms with E-state index in [1.165, 1.54) is 6.07 Å². The molecule has 0 spiro atoms. The molecule has 0 aliphatic carbocycles. The molecule has 11 heteroatoms. The average Bonchev–Trinajstić information content (AvgIpc) is 2.96. The van der Waals surface area contributed by atoms with Gasteiger partial charge in [-0.1, -0.05) is 13.8 Å². The molecule has 0 radical (unpaired) electrons. The van der Waals surface area contributed by atoms with E-state index >= 15 is 0 Å². The number of aromatic nitrogens is 2. The van der Waals surface area contributed by atoms with E-state index in [4.69, 9.17) is 37.9 Å². The second kappa shape index (κ2) is 10.4. The molecule has 10 nitrogen and oxygen atoms in total. The molecule has 0 saturated heterocycles. The van der Waals surface area contributed by atoms with Crippen molar-refractivity contribution in [1.29, 1.82) is 10.5 Å². The first-order valence-corrected chi connectivity index (χ1v) is 9.58. The van der Waals surface area contributed by atoms with Crippen molar-refractivity contribution in [2.75, 3.05) is 6.61 Å². The van der Waals surface area contributed by atoms with Gasteiger partial charge in [-0.25, -0.2) is 0 Å². The van der Waals surface area contributed by atoms with E-state index < -0.39 is 10.4 Å². The Morgan fingerprint density at radius 1 is 1.11 bits per heavy atom. The summed E-state index contributed by atoms with van der Waals surface area (Å²) in [6.45, 7) is 4.37. The molecule has 3 N–H and O–H groups in total. The summed E-state index contributed by atoms with van der Waals surface area (Å²) < 4.78 is 39.3. The van der Waals surface area contributed by atoms with Gasteiger partial charge in [-0.3, -0.25) is 13.8 Å². The SMILES string of the molecule is CCc1nn(CCO)c(CC)c1Oc1cc(C#N)cc(C#N)c1.O=S(=O)(O)O. The molecule has 0 bridgehead atoms. The van der Waals surface area contributed by atoms with Crippen LogP contribution in [0.15, 0.2) is 18.2 Å². The number of nitrogens with zero attached hydrogens (tertiary/aromatic N) is 4. The van der Waals surface area contributed by atoms with Crippen LogP contribution in [0.3, 0.4) is 0 Å². The molecular formula is C17H20N4O6S. The Morgan fingerprint density at radius 3 is 2.04 bits per heavy atom. The first-order chi connectivity index (χ1) is 13.2. The lowest BCUT2D eigenvalue weighted by Crippen LogP contribution is -2.08. The van der Waals surface area contributed by atoms with Crippen LogP contribution in [0, 0.1) is 22.7 Å². The van der Waals surface area contributed by atoms with Gasteiger partial charge in [-0.2, -0.15) is 24.0 Å². The molecule has 0 atom stereocenters. The molecule has 0 amide bonds. The lowest BCUT2D eigenvalue weighted by Gasteiger charge is -2.09. The minimum absolute atomic E-state index is 0.000226. The maximum Gasteiger partial charge on any atom is 0.394 e. The number of aryl methyl sites for hydroxylation is 1. The van der Waals surface area contributed by atoms with Crippen LogP contribution < -0.4 is 4.74 Å². The molecule has 0 aliphatic heterocycles. The largest absolute Gasteiger partial charge is 0.453 e. The molecule has 0 saturated carbocycles. The van der Waals surface area contributed by atoms with Crippen LogP contribution in [0.1, 0.15) is 36.4 Å². The third-order valence-electron chi connectivity index (χ3n) is 3.44. The van der Waals surface area contributed by atoms with Crippen molar-refractivity contribution < 1.29 is 27.4 Å². The van der Waals surface area contributed by atoms with Gasteiger partial charge in [0.15, 0.2) is 5.75 Å². The molecule has 28 heavy (non-hydrogen) atoms. The quantitative estimate of drug-likeness (QED) is 0.604. The molecule has 2 rings (SSSR count). The summed E-state index contributed by atoms with van der Waals surface area (Å²) in [5.74, 6) is 1.08.